The quantitative estimate of drug-likeness (QED) is 0.874. The van der Waals surface area contributed by atoms with E-state index in [4.69, 9.17) is 0 Å². The predicted molar refractivity (Wildman–Crippen MR) is 73.6 cm³/mol. The first-order chi connectivity index (χ1) is 9.63. The maximum absolute atomic E-state index is 12.1. The normalized spacial score (nSPS) is 11.8. The van der Waals surface area contributed by atoms with Gasteiger partial charge in [0.25, 0.3) is 5.91 Å². The third kappa shape index (κ3) is 3.00. The molecule has 2 N–H and O–H groups in total. The Bertz CT molecular complexity index is 612. The van der Waals surface area contributed by atoms with Gasteiger partial charge >= 0.3 is 5.97 Å². The Morgan fingerprint density at radius 1 is 1.35 bits per heavy atom. The second-order valence-electron chi connectivity index (χ2n) is 4.06. The topological polar surface area (TPSA) is 92.2 Å². The fraction of sp³-hybridized carbons (Fsp3) is 0.231. The van der Waals surface area contributed by atoms with Gasteiger partial charge in [-0.25, -0.2) is 4.79 Å². The number of aromatic nitrogens is 2. The minimum Gasteiger partial charge on any atom is -0.479 e. The lowest BCUT2D eigenvalue weighted by Crippen LogP contribution is -2.33. The Balaban J connectivity index is 2.21. The van der Waals surface area contributed by atoms with Crippen LogP contribution in [0.15, 0.2) is 30.3 Å². The molecule has 2 aromatic rings. The number of nitrogens with one attached hydrogen (secondary N) is 1. The van der Waals surface area contributed by atoms with E-state index < -0.39 is 17.9 Å². The summed E-state index contributed by atoms with van der Waals surface area (Å²) in [4.78, 5) is 23.8. The van der Waals surface area contributed by atoms with E-state index in [9.17, 15) is 14.7 Å². The van der Waals surface area contributed by atoms with Crippen molar-refractivity contribution in [3.8, 4) is 0 Å². The summed E-state index contributed by atoms with van der Waals surface area (Å²) < 4.78 is 3.72. The van der Waals surface area contributed by atoms with Crippen LogP contribution in [0.1, 0.15) is 33.9 Å². The van der Waals surface area contributed by atoms with Gasteiger partial charge < -0.3 is 10.4 Å². The summed E-state index contributed by atoms with van der Waals surface area (Å²) in [5.74, 6) is -1.58. The van der Waals surface area contributed by atoms with Gasteiger partial charge in [-0.2, -0.15) is 0 Å². The maximum Gasteiger partial charge on any atom is 0.330 e. The number of carbonyl (C=O) groups excluding carboxylic acids is 1. The Morgan fingerprint density at radius 2 is 2.05 bits per heavy atom. The highest BCUT2D eigenvalue weighted by Crippen LogP contribution is 2.16. The Hall–Kier alpha value is -2.28. The van der Waals surface area contributed by atoms with E-state index >= 15 is 0 Å². The molecule has 7 heteroatoms. The number of rotatable bonds is 5. The van der Waals surface area contributed by atoms with Crippen molar-refractivity contribution >= 4 is 23.4 Å². The Labute approximate surface area is 119 Å². The molecule has 0 fully saturated rings. The van der Waals surface area contributed by atoms with E-state index in [2.05, 4.69) is 14.9 Å². The zero-order chi connectivity index (χ0) is 14.5. The van der Waals surface area contributed by atoms with E-state index in [1.165, 1.54) is 0 Å². The summed E-state index contributed by atoms with van der Waals surface area (Å²) in [6, 6.07) is 7.46. The summed E-state index contributed by atoms with van der Waals surface area (Å²) in [6.45, 7) is 1.86. The predicted octanol–water partition coefficient (Wildman–Crippen LogP) is 1.66. The average molecular weight is 291 g/mol. The van der Waals surface area contributed by atoms with Crippen molar-refractivity contribution in [1.29, 1.82) is 0 Å². The van der Waals surface area contributed by atoms with E-state index in [0.717, 1.165) is 11.5 Å². The molecular formula is C13H13N3O3S. The molecule has 0 unspecified atom stereocenters. The summed E-state index contributed by atoms with van der Waals surface area (Å²) in [5.41, 5.74) is 1.09. The molecule has 0 aliphatic carbocycles. The SMILES string of the molecule is CCc1nnsc1C(=O)N[C@@H](C(=O)O)c1ccccc1. The van der Waals surface area contributed by atoms with Gasteiger partial charge in [0.1, 0.15) is 4.88 Å². The second kappa shape index (κ2) is 6.25. The van der Waals surface area contributed by atoms with Crippen molar-refractivity contribution in [3.63, 3.8) is 0 Å². The van der Waals surface area contributed by atoms with Crippen molar-refractivity contribution in [3.05, 3.63) is 46.5 Å². The lowest BCUT2D eigenvalue weighted by molar-refractivity contribution is -0.139. The molecule has 104 valence electrons. The highest BCUT2D eigenvalue weighted by molar-refractivity contribution is 7.08. The molecule has 1 aromatic heterocycles. The van der Waals surface area contributed by atoms with Crippen LogP contribution < -0.4 is 5.32 Å². The first-order valence-electron chi connectivity index (χ1n) is 6.03. The molecule has 0 aliphatic heterocycles. The minimum atomic E-state index is -1.11. The molecular weight excluding hydrogens is 278 g/mol. The third-order valence-electron chi connectivity index (χ3n) is 2.75. The number of amides is 1. The van der Waals surface area contributed by atoms with Crippen molar-refractivity contribution in [2.24, 2.45) is 0 Å². The summed E-state index contributed by atoms with van der Waals surface area (Å²) in [7, 11) is 0. The molecule has 1 atom stereocenters. The number of carboxylic acid groups (broad SMARTS) is 1. The third-order valence-corrected chi connectivity index (χ3v) is 3.52. The van der Waals surface area contributed by atoms with Crippen LogP contribution in [0.25, 0.3) is 0 Å². The van der Waals surface area contributed by atoms with Crippen LogP contribution >= 0.6 is 11.5 Å². The van der Waals surface area contributed by atoms with Gasteiger partial charge in [0, 0.05) is 0 Å². The zero-order valence-corrected chi connectivity index (χ0v) is 11.6. The van der Waals surface area contributed by atoms with Crippen LogP contribution in [0, 0.1) is 0 Å². The zero-order valence-electron chi connectivity index (χ0n) is 10.7. The number of nitrogens with zero attached hydrogens (tertiary/aromatic N) is 2. The van der Waals surface area contributed by atoms with Gasteiger partial charge in [0.05, 0.1) is 5.69 Å². The summed E-state index contributed by atoms with van der Waals surface area (Å²) >= 11 is 0.965. The van der Waals surface area contributed by atoms with Gasteiger partial charge in [-0.15, -0.1) is 5.10 Å². The van der Waals surface area contributed by atoms with E-state index in [-0.39, 0.29) is 0 Å². The molecule has 0 saturated heterocycles. The number of carboxylic acids is 1. The van der Waals surface area contributed by atoms with Crippen LogP contribution in [-0.4, -0.2) is 26.6 Å². The van der Waals surface area contributed by atoms with E-state index in [0.29, 0.717) is 22.6 Å². The van der Waals surface area contributed by atoms with Gasteiger partial charge in [0.15, 0.2) is 6.04 Å². The number of aryl methyl sites for hydroxylation is 1. The van der Waals surface area contributed by atoms with Crippen LogP contribution in [0.5, 0.6) is 0 Å². The monoisotopic (exact) mass is 291 g/mol. The second-order valence-corrected chi connectivity index (χ2v) is 4.81. The van der Waals surface area contributed by atoms with Gasteiger partial charge in [-0.05, 0) is 23.5 Å². The van der Waals surface area contributed by atoms with Gasteiger partial charge in [-0.1, -0.05) is 41.7 Å². The summed E-state index contributed by atoms with van der Waals surface area (Å²) in [6.07, 6.45) is 0.572. The largest absolute Gasteiger partial charge is 0.479 e. The smallest absolute Gasteiger partial charge is 0.330 e. The van der Waals surface area contributed by atoms with Crippen LogP contribution in [-0.2, 0) is 11.2 Å². The molecule has 0 spiro atoms. The molecule has 0 bridgehead atoms. The molecule has 1 amide bonds. The molecule has 2 rings (SSSR count). The van der Waals surface area contributed by atoms with Crippen molar-refractivity contribution in [1.82, 2.24) is 14.9 Å². The lowest BCUT2D eigenvalue weighted by atomic mass is 10.1. The van der Waals surface area contributed by atoms with Crippen LogP contribution in [0.2, 0.25) is 0 Å². The fourth-order valence-electron chi connectivity index (χ4n) is 1.74. The molecule has 0 saturated carbocycles. The Kier molecular flexibility index (Phi) is 4.41. The van der Waals surface area contributed by atoms with Crippen LogP contribution in [0.4, 0.5) is 0 Å². The number of benzene rings is 1. The number of carbonyl (C=O) groups is 2. The molecule has 1 aromatic carbocycles. The molecule has 0 radical (unpaired) electrons. The van der Waals surface area contributed by atoms with Crippen LogP contribution in [0.3, 0.4) is 0 Å². The standard InChI is InChI=1S/C13H13N3O3S/c1-2-9-11(20-16-15-9)12(17)14-10(13(18)19)8-6-4-3-5-7-8/h3-7,10H,2H2,1H3,(H,14,17)(H,18,19)/t10-/m1/s1. The fourth-order valence-corrected chi connectivity index (χ4v) is 2.40. The van der Waals surface area contributed by atoms with Gasteiger partial charge in [-0.3, -0.25) is 4.79 Å². The molecule has 0 aliphatic rings. The van der Waals surface area contributed by atoms with Crippen molar-refractivity contribution in [2.45, 2.75) is 19.4 Å². The number of aliphatic carboxylic acids is 1. The minimum absolute atomic E-state index is 0.356. The molecule has 20 heavy (non-hydrogen) atoms. The maximum atomic E-state index is 12.1. The Morgan fingerprint density at radius 3 is 2.65 bits per heavy atom. The first kappa shape index (κ1) is 14.1. The molecule has 6 nitrogen and oxygen atoms in total. The van der Waals surface area contributed by atoms with Crippen molar-refractivity contribution < 1.29 is 14.7 Å². The lowest BCUT2D eigenvalue weighted by Gasteiger charge is -2.14. The summed E-state index contributed by atoms with van der Waals surface area (Å²) in [5, 5.41) is 15.6. The van der Waals surface area contributed by atoms with E-state index in [1.54, 1.807) is 30.3 Å². The highest BCUT2D eigenvalue weighted by atomic mass is 32.1. The number of hydrogen-bond acceptors (Lipinski definition) is 5. The van der Waals surface area contributed by atoms with E-state index in [1.807, 2.05) is 6.92 Å². The van der Waals surface area contributed by atoms with Gasteiger partial charge in [0.2, 0.25) is 0 Å². The average Bonchev–Trinajstić information content (AvgIpc) is 2.93. The highest BCUT2D eigenvalue weighted by Gasteiger charge is 2.24. The number of hydrogen-bond donors (Lipinski definition) is 2. The van der Waals surface area contributed by atoms with Crippen molar-refractivity contribution in [2.75, 3.05) is 0 Å². The first-order valence-corrected chi connectivity index (χ1v) is 6.80. The molecule has 1 heterocycles.